The van der Waals surface area contributed by atoms with Crippen LogP contribution in [0.3, 0.4) is 0 Å². The van der Waals surface area contributed by atoms with Gasteiger partial charge in [-0.1, -0.05) is 42.5 Å². The van der Waals surface area contributed by atoms with Gasteiger partial charge < -0.3 is 9.84 Å². The fraction of sp³-hybridized carbons (Fsp3) is 0.292. The lowest BCUT2D eigenvalue weighted by Crippen LogP contribution is -2.27. The Morgan fingerprint density at radius 2 is 1.90 bits per heavy atom. The fourth-order valence-corrected chi connectivity index (χ4v) is 3.53. The van der Waals surface area contributed by atoms with Crippen LogP contribution >= 0.6 is 0 Å². The minimum Gasteiger partial charge on any atom is -0.494 e. The monoisotopic (exact) mass is 404 g/mol. The van der Waals surface area contributed by atoms with Gasteiger partial charge in [0.05, 0.1) is 11.7 Å². The third kappa shape index (κ3) is 3.98. The van der Waals surface area contributed by atoms with Crippen LogP contribution in [0, 0.1) is 18.3 Å². The number of nitrogens with zero attached hydrogens (tertiary/aromatic N) is 2. The molecule has 0 bridgehead atoms. The van der Waals surface area contributed by atoms with Gasteiger partial charge >= 0.3 is 0 Å². The number of benzene rings is 2. The molecule has 30 heavy (non-hydrogen) atoms. The quantitative estimate of drug-likeness (QED) is 0.476. The molecule has 1 heterocycles. The van der Waals surface area contributed by atoms with E-state index in [0.717, 1.165) is 15.3 Å². The molecule has 0 aliphatic heterocycles. The molecule has 2 aromatic carbocycles. The summed E-state index contributed by atoms with van der Waals surface area (Å²) in [5.41, 5.74) is -0.170. The van der Waals surface area contributed by atoms with Crippen molar-refractivity contribution >= 4 is 16.6 Å². The second-order valence-corrected chi connectivity index (χ2v) is 7.40. The van der Waals surface area contributed by atoms with Crippen LogP contribution in [-0.4, -0.2) is 28.2 Å². The summed E-state index contributed by atoms with van der Waals surface area (Å²) >= 11 is 0. The molecule has 0 aliphatic rings. The molecule has 0 fully saturated rings. The van der Waals surface area contributed by atoms with Crippen LogP contribution in [0.25, 0.3) is 10.8 Å². The third-order valence-corrected chi connectivity index (χ3v) is 5.04. The van der Waals surface area contributed by atoms with E-state index in [9.17, 15) is 20.0 Å². The van der Waals surface area contributed by atoms with Crippen molar-refractivity contribution in [1.82, 2.24) is 4.57 Å². The van der Waals surface area contributed by atoms with Crippen molar-refractivity contribution in [1.29, 1.82) is 5.26 Å². The normalized spacial score (nSPS) is 11.0. The van der Waals surface area contributed by atoms with Crippen LogP contribution in [0.15, 0.2) is 47.3 Å². The van der Waals surface area contributed by atoms with Crippen LogP contribution in [0.1, 0.15) is 47.3 Å². The number of carbonyl (C=O) groups excluding carboxylic acids is 1. The molecule has 6 heteroatoms. The van der Waals surface area contributed by atoms with Crippen molar-refractivity contribution in [3.63, 3.8) is 0 Å². The highest BCUT2D eigenvalue weighted by Crippen LogP contribution is 2.28. The van der Waals surface area contributed by atoms with E-state index in [1.807, 2.05) is 50.2 Å². The summed E-state index contributed by atoms with van der Waals surface area (Å²) in [7, 11) is 0. The van der Waals surface area contributed by atoms with Gasteiger partial charge in [-0.2, -0.15) is 5.26 Å². The zero-order valence-electron chi connectivity index (χ0n) is 17.3. The van der Waals surface area contributed by atoms with E-state index in [0.29, 0.717) is 18.6 Å². The lowest BCUT2D eigenvalue weighted by Gasteiger charge is -2.16. The molecule has 6 nitrogen and oxygen atoms in total. The lowest BCUT2D eigenvalue weighted by atomic mass is 9.94. The van der Waals surface area contributed by atoms with Crippen molar-refractivity contribution in [3.8, 4) is 11.9 Å². The fourth-order valence-electron chi connectivity index (χ4n) is 3.53. The Hall–Kier alpha value is -3.43. The Morgan fingerprint density at radius 3 is 2.60 bits per heavy atom. The first-order chi connectivity index (χ1) is 14.4. The van der Waals surface area contributed by atoms with Crippen molar-refractivity contribution in [2.45, 2.75) is 39.8 Å². The molecule has 0 radical (unpaired) electrons. The highest BCUT2D eigenvalue weighted by Gasteiger charge is 2.25. The number of pyridine rings is 1. The van der Waals surface area contributed by atoms with Crippen molar-refractivity contribution in [2.24, 2.45) is 0 Å². The van der Waals surface area contributed by atoms with Crippen LogP contribution in [0.5, 0.6) is 5.88 Å². The maximum atomic E-state index is 13.4. The zero-order chi connectivity index (χ0) is 21.8. The van der Waals surface area contributed by atoms with Gasteiger partial charge in [0.25, 0.3) is 5.56 Å². The van der Waals surface area contributed by atoms with E-state index in [-0.39, 0.29) is 29.3 Å². The number of ether oxygens (including phenoxy) is 1. The molecule has 1 N–H and O–H groups in total. The number of hydrogen-bond donors (Lipinski definition) is 1. The number of fused-ring (bicyclic) bond motifs is 1. The number of ketones is 1. The molecular formula is C24H24N2O4. The van der Waals surface area contributed by atoms with Crippen LogP contribution in [0.2, 0.25) is 0 Å². The molecule has 1 aromatic heterocycles. The molecule has 0 amide bonds. The maximum Gasteiger partial charge on any atom is 0.271 e. The second-order valence-electron chi connectivity index (χ2n) is 7.40. The number of aromatic hydroxyl groups is 1. The Morgan fingerprint density at radius 1 is 1.20 bits per heavy atom. The van der Waals surface area contributed by atoms with E-state index < -0.39 is 17.2 Å². The number of carbonyl (C=O) groups is 1. The number of rotatable bonds is 7. The van der Waals surface area contributed by atoms with E-state index in [2.05, 4.69) is 0 Å². The van der Waals surface area contributed by atoms with Gasteiger partial charge in [0.1, 0.15) is 11.6 Å². The van der Waals surface area contributed by atoms with E-state index in [1.165, 1.54) is 6.92 Å². The molecule has 0 saturated heterocycles. The van der Waals surface area contributed by atoms with E-state index in [4.69, 9.17) is 4.74 Å². The Balaban J connectivity index is 2.12. The summed E-state index contributed by atoms with van der Waals surface area (Å²) < 4.78 is 6.58. The largest absolute Gasteiger partial charge is 0.494 e. The zero-order valence-corrected chi connectivity index (χ0v) is 17.3. The molecule has 0 saturated carbocycles. The first-order valence-corrected chi connectivity index (χ1v) is 9.87. The van der Waals surface area contributed by atoms with E-state index in [1.54, 1.807) is 12.1 Å². The standard InChI is InChI=1S/C24H24N2O4/c1-15(2)30-13-7-12-26-23(28)20(14-25)16(3)21(24(26)29)22(27)19-11-6-9-17-8-4-5-10-18(17)19/h4-6,8-11,15,29H,7,12-13H2,1-3H3. The van der Waals surface area contributed by atoms with Gasteiger partial charge in [0.15, 0.2) is 5.78 Å². The molecule has 3 rings (SSSR count). The predicted molar refractivity (Wildman–Crippen MR) is 115 cm³/mol. The third-order valence-electron chi connectivity index (χ3n) is 5.04. The average molecular weight is 404 g/mol. The predicted octanol–water partition coefficient (Wildman–Crippen LogP) is 3.93. The van der Waals surface area contributed by atoms with Crippen LogP contribution < -0.4 is 5.56 Å². The molecule has 3 aromatic rings. The summed E-state index contributed by atoms with van der Waals surface area (Å²) in [5, 5.41) is 22.0. The highest BCUT2D eigenvalue weighted by atomic mass is 16.5. The molecule has 0 unspecified atom stereocenters. The minimum atomic E-state index is -0.605. The Bertz CT molecular complexity index is 1200. The lowest BCUT2D eigenvalue weighted by molar-refractivity contribution is 0.0743. The van der Waals surface area contributed by atoms with Gasteiger partial charge in [-0.3, -0.25) is 14.2 Å². The number of nitriles is 1. The second kappa shape index (κ2) is 8.93. The van der Waals surface area contributed by atoms with Gasteiger partial charge in [-0.05, 0) is 43.5 Å². The van der Waals surface area contributed by atoms with Crippen molar-refractivity contribution < 1.29 is 14.6 Å². The average Bonchev–Trinajstić information content (AvgIpc) is 2.72. The summed E-state index contributed by atoms with van der Waals surface area (Å²) in [6.45, 7) is 5.87. The van der Waals surface area contributed by atoms with Gasteiger partial charge in [-0.25, -0.2) is 0 Å². The first-order valence-electron chi connectivity index (χ1n) is 9.87. The number of hydrogen-bond acceptors (Lipinski definition) is 5. The van der Waals surface area contributed by atoms with Crippen LogP contribution in [-0.2, 0) is 11.3 Å². The van der Waals surface area contributed by atoms with Gasteiger partial charge in [0, 0.05) is 18.7 Å². The SMILES string of the molecule is Cc1c(C(=O)c2cccc3ccccc23)c(O)n(CCCOC(C)C)c(=O)c1C#N. The van der Waals surface area contributed by atoms with Crippen molar-refractivity contribution in [3.05, 3.63) is 75.1 Å². The molecule has 0 spiro atoms. The molecular weight excluding hydrogens is 380 g/mol. The topological polar surface area (TPSA) is 92.3 Å². The molecule has 154 valence electrons. The van der Waals surface area contributed by atoms with E-state index >= 15 is 0 Å². The first kappa shape index (κ1) is 21.3. The smallest absolute Gasteiger partial charge is 0.271 e. The minimum absolute atomic E-state index is 0.0210. The molecule has 0 atom stereocenters. The maximum absolute atomic E-state index is 13.4. The Labute approximate surface area is 175 Å². The Kier molecular flexibility index (Phi) is 6.34. The highest BCUT2D eigenvalue weighted by molar-refractivity contribution is 6.18. The number of aromatic nitrogens is 1. The summed E-state index contributed by atoms with van der Waals surface area (Å²) in [5.74, 6) is -0.843. The van der Waals surface area contributed by atoms with Crippen LogP contribution in [0.4, 0.5) is 0 Å². The van der Waals surface area contributed by atoms with Gasteiger partial charge in [-0.15, -0.1) is 0 Å². The summed E-state index contributed by atoms with van der Waals surface area (Å²) in [6, 6.07) is 14.7. The van der Waals surface area contributed by atoms with Crippen molar-refractivity contribution in [2.75, 3.05) is 6.61 Å². The summed E-state index contributed by atoms with van der Waals surface area (Å²) in [4.78, 5) is 26.2. The molecule has 0 aliphatic carbocycles. The van der Waals surface area contributed by atoms with Gasteiger partial charge in [0.2, 0.25) is 5.88 Å². The summed E-state index contributed by atoms with van der Waals surface area (Å²) in [6.07, 6.45) is 0.507.